The van der Waals surface area contributed by atoms with Crippen LogP contribution >= 0.6 is 0 Å². The van der Waals surface area contributed by atoms with E-state index in [-0.39, 0.29) is 6.42 Å². The molecule has 0 aliphatic rings. The fourth-order valence-corrected chi connectivity index (χ4v) is 1.80. The van der Waals surface area contributed by atoms with Crippen LogP contribution in [0.25, 0.3) is 0 Å². The van der Waals surface area contributed by atoms with E-state index in [1.807, 2.05) is 0 Å². The van der Waals surface area contributed by atoms with Gasteiger partial charge >= 0.3 is 12.2 Å². The minimum absolute atomic E-state index is 0.103. The van der Waals surface area contributed by atoms with Gasteiger partial charge in [-0.2, -0.15) is 18.4 Å². The Kier molecular flexibility index (Phi) is 5.90. The lowest BCUT2D eigenvalue weighted by Crippen LogP contribution is -2.47. The third kappa shape index (κ3) is 4.55. The Morgan fingerprint density at radius 1 is 1.35 bits per heavy atom. The van der Waals surface area contributed by atoms with Crippen LogP contribution in [0.5, 0.6) is 0 Å². The Balaban J connectivity index is 3.11. The smallest absolute Gasteiger partial charge is 0.324 e. The number of nitrogens with zero attached hydrogens (tertiary/aromatic N) is 2. The predicted octanol–water partition coefficient (Wildman–Crippen LogP) is 3.51. The Morgan fingerprint density at radius 2 is 1.87 bits per heavy atom. The molecule has 2 amide bonds. The molecular weight excluding hydrogens is 321 g/mol. The van der Waals surface area contributed by atoms with Crippen molar-refractivity contribution < 1.29 is 26.7 Å². The number of rotatable bonds is 4. The number of halogens is 5. The summed E-state index contributed by atoms with van der Waals surface area (Å²) >= 11 is 0. The van der Waals surface area contributed by atoms with Crippen LogP contribution < -0.4 is 5.32 Å². The van der Waals surface area contributed by atoms with Crippen molar-refractivity contribution in [1.82, 2.24) is 10.2 Å². The fraction of sp³-hybridized carbons (Fsp3) is 0.429. The molecule has 23 heavy (non-hydrogen) atoms. The Labute approximate surface area is 129 Å². The largest absolute Gasteiger partial charge is 0.413 e. The summed E-state index contributed by atoms with van der Waals surface area (Å²) in [5, 5.41) is 10.1. The second-order valence-electron chi connectivity index (χ2n) is 4.88. The molecule has 4 nitrogen and oxygen atoms in total. The molecule has 0 saturated heterocycles. The normalized spacial score (nSPS) is 13.8. The molecule has 0 unspecified atom stereocenters. The van der Waals surface area contributed by atoms with Crippen LogP contribution in [0.4, 0.5) is 26.7 Å². The molecule has 2 atom stereocenters. The highest BCUT2D eigenvalue weighted by Crippen LogP contribution is 2.35. The quantitative estimate of drug-likeness (QED) is 0.856. The molecule has 0 radical (unpaired) electrons. The van der Waals surface area contributed by atoms with Gasteiger partial charge in [0.1, 0.15) is 11.6 Å². The molecule has 0 bridgehead atoms. The summed E-state index contributed by atoms with van der Waals surface area (Å²) < 4.78 is 66.6. The van der Waals surface area contributed by atoms with Crippen molar-refractivity contribution in [3.63, 3.8) is 0 Å². The highest BCUT2D eigenvalue weighted by Gasteiger charge is 2.45. The fourth-order valence-electron chi connectivity index (χ4n) is 1.80. The van der Waals surface area contributed by atoms with Crippen molar-refractivity contribution in [2.24, 2.45) is 0 Å². The summed E-state index contributed by atoms with van der Waals surface area (Å²) in [5.41, 5.74) is -1.28. The van der Waals surface area contributed by atoms with Gasteiger partial charge in [0, 0.05) is 13.1 Å². The number of carbonyl (C=O) groups excluding carboxylic acids is 1. The van der Waals surface area contributed by atoms with Gasteiger partial charge in [-0.05, 0) is 19.1 Å². The maximum atomic E-state index is 13.6. The zero-order valence-corrected chi connectivity index (χ0v) is 12.3. The van der Waals surface area contributed by atoms with Crippen molar-refractivity contribution in [3.05, 3.63) is 35.4 Å². The third-order valence-corrected chi connectivity index (χ3v) is 3.25. The van der Waals surface area contributed by atoms with Gasteiger partial charge in [0.25, 0.3) is 0 Å². The highest BCUT2D eigenvalue weighted by molar-refractivity contribution is 5.75. The average molecular weight is 335 g/mol. The number of hydrogen-bond acceptors (Lipinski definition) is 2. The van der Waals surface area contributed by atoms with E-state index in [1.165, 1.54) is 14.0 Å². The van der Waals surface area contributed by atoms with Crippen LogP contribution in [0.15, 0.2) is 18.2 Å². The van der Waals surface area contributed by atoms with E-state index >= 15 is 0 Å². The number of amides is 2. The van der Waals surface area contributed by atoms with E-state index in [0.29, 0.717) is 12.1 Å². The van der Waals surface area contributed by atoms with Gasteiger partial charge < -0.3 is 10.2 Å². The van der Waals surface area contributed by atoms with Crippen LogP contribution in [-0.2, 0) is 0 Å². The highest BCUT2D eigenvalue weighted by atomic mass is 19.4. The number of carbonyl (C=O) groups is 1. The summed E-state index contributed by atoms with van der Waals surface area (Å²) in [6.45, 7) is 1.45. The van der Waals surface area contributed by atoms with E-state index in [1.54, 1.807) is 11.4 Å². The van der Waals surface area contributed by atoms with Crippen LogP contribution in [0.2, 0.25) is 0 Å². The molecule has 126 valence electrons. The zero-order chi connectivity index (χ0) is 17.8. The van der Waals surface area contributed by atoms with E-state index in [2.05, 4.69) is 0 Å². The standard InChI is InChI=1S/C14H14F5N3O/c1-8(6-7-20)22(2)13(23)21-12(14(17,18)19)11-9(15)4-3-5-10(11)16/h3-5,8,12H,6H2,1-2H3,(H,21,23)/t8-,12-/m1/s1. The first-order chi connectivity index (χ1) is 10.6. The van der Waals surface area contributed by atoms with Gasteiger partial charge in [0.2, 0.25) is 0 Å². The van der Waals surface area contributed by atoms with Gasteiger partial charge in [-0.3, -0.25) is 0 Å². The molecule has 0 spiro atoms. The molecule has 1 aromatic carbocycles. The molecule has 9 heteroatoms. The molecule has 1 rings (SSSR count). The van der Waals surface area contributed by atoms with E-state index in [4.69, 9.17) is 5.26 Å². The minimum Gasteiger partial charge on any atom is -0.324 e. The Bertz CT molecular complexity index is 591. The summed E-state index contributed by atoms with van der Waals surface area (Å²) in [4.78, 5) is 12.7. The topological polar surface area (TPSA) is 56.1 Å². The Morgan fingerprint density at radius 3 is 2.30 bits per heavy atom. The van der Waals surface area contributed by atoms with Crippen molar-refractivity contribution in [2.45, 2.75) is 31.6 Å². The molecule has 0 aliphatic carbocycles. The SMILES string of the molecule is C[C@H](CC#N)N(C)C(=O)N[C@H](c1c(F)cccc1F)C(F)(F)F. The number of alkyl halides is 3. The summed E-state index contributed by atoms with van der Waals surface area (Å²) in [6.07, 6.45) is -5.20. The lowest BCUT2D eigenvalue weighted by molar-refractivity contribution is -0.156. The van der Waals surface area contributed by atoms with Gasteiger partial charge in [-0.25, -0.2) is 13.6 Å². The number of benzene rings is 1. The van der Waals surface area contributed by atoms with Crippen molar-refractivity contribution in [3.8, 4) is 6.07 Å². The second-order valence-corrected chi connectivity index (χ2v) is 4.88. The van der Waals surface area contributed by atoms with Gasteiger partial charge in [0.05, 0.1) is 18.1 Å². The second kappa shape index (κ2) is 7.26. The molecule has 0 heterocycles. The minimum atomic E-state index is -5.10. The number of nitrogens with one attached hydrogen (secondary N) is 1. The van der Waals surface area contributed by atoms with Crippen LogP contribution in [0.3, 0.4) is 0 Å². The number of nitriles is 1. The Hall–Kier alpha value is -2.37. The molecule has 0 saturated carbocycles. The van der Waals surface area contributed by atoms with Crippen molar-refractivity contribution >= 4 is 6.03 Å². The van der Waals surface area contributed by atoms with Crippen molar-refractivity contribution in [1.29, 1.82) is 5.26 Å². The lowest BCUT2D eigenvalue weighted by atomic mass is 10.0. The monoisotopic (exact) mass is 335 g/mol. The van der Waals surface area contributed by atoms with Crippen LogP contribution in [-0.4, -0.2) is 30.2 Å². The maximum absolute atomic E-state index is 13.6. The number of hydrogen-bond donors (Lipinski definition) is 1. The molecule has 1 N–H and O–H groups in total. The predicted molar refractivity (Wildman–Crippen MR) is 71.1 cm³/mol. The molecule has 0 fully saturated rings. The first-order valence-electron chi connectivity index (χ1n) is 6.50. The van der Waals surface area contributed by atoms with Gasteiger partial charge in [0.15, 0.2) is 6.04 Å². The first kappa shape index (κ1) is 18.7. The maximum Gasteiger partial charge on any atom is 0.413 e. The van der Waals surface area contributed by atoms with E-state index < -0.39 is 41.5 Å². The first-order valence-corrected chi connectivity index (χ1v) is 6.50. The van der Waals surface area contributed by atoms with Crippen LogP contribution in [0, 0.1) is 23.0 Å². The van der Waals surface area contributed by atoms with Gasteiger partial charge in [-0.1, -0.05) is 6.07 Å². The average Bonchev–Trinajstić information content (AvgIpc) is 2.44. The lowest BCUT2D eigenvalue weighted by Gasteiger charge is -2.28. The van der Waals surface area contributed by atoms with Crippen molar-refractivity contribution in [2.75, 3.05) is 7.05 Å². The molecule has 1 aromatic rings. The zero-order valence-electron chi connectivity index (χ0n) is 12.3. The molecule has 0 aliphatic heterocycles. The summed E-state index contributed by atoms with van der Waals surface area (Å²) in [6, 6.07) is -0.666. The summed E-state index contributed by atoms with van der Waals surface area (Å²) in [7, 11) is 1.18. The molecule has 0 aromatic heterocycles. The van der Waals surface area contributed by atoms with E-state index in [0.717, 1.165) is 11.0 Å². The third-order valence-electron chi connectivity index (χ3n) is 3.25. The van der Waals surface area contributed by atoms with Gasteiger partial charge in [-0.15, -0.1) is 0 Å². The van der Waals surface area contributed by atoms with Crippen LogP contribution in [0.1, 0.15) is 24.9 Å². The van der Waals surface area contributed by atoms with E-state index in [9.17, 15) is 26.7 Å². The number of urea groups is 1. The molecular formula is C14H14F5N3O. The summed E-state index contributed by atoms with van der Waals surface area (Å²) in [5.74, 6) is -2.83.